The van der Waals surface area contributed by atoms with Crippen molar-refractivity contribution in [3.8, 4) is 17.1 Å². The van der Waals surface area contributed by atoms with Crippen molar-refractivity contribution in [2.45, 2.75) is 19.5 Å². The molecule has 3 aromatic heterocycles. The van der Waals surface area contributed by atoms with Gasteiger partial charge in [-0.25, -0.2) is 4.98 Å². The minimum atomic E-state index is -0.557. The molecule has 1 aromatic carbocycles. The summed E-state index contributed by atoms with van der Waals surface area (Å²) in [5.41, 5.74) is 0.907. The van der Waals surface area contributed by atoms with E-state index in [4.69, 9.17) is 4.74 Å². The van der Waals surface area contributed by atoms with Crippen LogP contribution in [0.4, 0.5) is 5.69 Å². The topological polar surface area (TPSA) is 122 Å². The Bertz CT molecular complexity index is 1460. The molecular formula is C22H18ClN5O5. The van der Waals surface area contributed by atoms with Crippen LogP contribution >= 0.6 is 12.4 Å². The van der Waals surface area contributed by atoms with E-state index in [0.717, 1.165) is 0 Å². The van der Waals surface area contributed by atoms with Crippen molar-refractivity contribution in [1.82, 2.24) is 19.1 Å². The molecule has 1 aliphatic carbocycles. The van der Waals surface area contributed by atoms with Crippen LogP contribution in [0.2, 0.25) is 0 Å². The van der Waals surface area contributed by atoms with Crippen molar-refractivity contribution >= 4 is 34.7 Å². The Hall–Kier alpha value is -4.05. The van der Waals surface area contributed by atoms with E-state index < -0.39 is 10.5 Å². The first-order valence-corrected chi connectivity index (χ1v) is 9.89. The fraction of sp³-hybridized carbons (Fsp3) is 0.182. The van der Waals surface area contributed by atoms with Crippen LogP contribution in [0.25, 0.3) is 22.2 Å². The standard InChI is InChI=1S/C22H17N5O5.ClH/c1-32-14-10-17-19(24-11-14)20-18(21(17)28)15-4-3-13(27(30)31)9-16(15)22(29)26(20)7-2-6-25-8-5-23-12-25;/h3-5,8-12H,2,6-7H2,1H3;1H. The molecule has 0 atom stereocenters. The summed E-state index contributed by atoms with van der Waals surface area (Å²) in [5.74, 6) is 0.141. The minimum Gasteiger partial charge on any atom is -0.495 e. The third-order valence-corrected chi connectivity index (χ3v) is 5.62. The Morgan fingerprint density at radius 3 is 2.67 bits per heavy atom. The molecule has 4 aromatic rings. The monoisotopic (exact) mass is 467 g/mol. The van der Waals surface area contributed by atoms with Crippen molar-refractivity contribution < 1.29 is 14.5 Å². The number of nitro groups is 1. The molecule has 0 bridgehead atoms. The first-order valence-electron chi connectivity index (χ1n) is 9.89. The molecule has 168 valence electrons. The number of pyridine rings is 2. The van der Waals surface area contributed by atoms with Crippen LogP contribution in [0.3, 0.4) is 0 Å². The lowest BCUT2D eigenvalue weighted by molar-refractivity contribution is -0.384. The van der Waals surface area contributed by atoms with E-state index in [2.05, 4.69) is 9.97 Å². The number of imidazole rings is 1. The molecule has 0 unspecified atom stereocenters. The summed E-state index contributed by atoms with van der Waals surface area (Å²) >= 11 is 0. The van der Waals surface area contributed by atoms with Gasteiger partial charge in [0.2, 0.25) is 0 Å². The zero-order chi connectivity index (χ0) is 22.4. The maximum Gasteiger partial charge on any atom is 0.270 e. The summed E-state index contributed by atoms with van der Waals surface area (Å²) in [7, 11) is 1.48. The number of ether oxygens (including phenoxy) is 1. The van der Waals surface area contributed by atoms with Gasteiger partial charge in [0.05, 0.1) is 52.5 Å². The van der Waals surface area contributed by atoms with Gasteiger partial charge >= 0.3 is 0 Å². The van der Waals surface area contributed by atoms with Crippen molar-refractivity contribution in [2.75, 3.05) is 7.11 Å². The molecule has 1 aliphatic rings. The van der Waals surface area contributed by atoms with Crippen molar-refractivity contribution in [2.24, 2.45) is 0 Å². The number of benzene rings is 1. The Kier molecular flexibility index (Phi) is 5.69. The van der Waals surface area contributed by atoms with Crippen LogP contribution in [-0.4, -0.2) is 36.9 Å². The maximum atomic E-state index is 13.5. The summed E-state index contributed by atoms with van der Waals surface area (Å²) in [5, 5.41) is 11.8. The lowest BCUT2D eigenvalue weighted by Gasteiger charge is -2.14. The molecule has 0 aliphatic heterocycles. The fourth-order valence-electron chi connectivity index (χ4n) is 4.12. The van der Waals surface area contributed by atoms with Crippen molar-refractivity contribution in [1.29, 1.82) is 0 Å². The van der Waals surface area contributed by atoms with E-state index in [1.165, 1.54) is 36.1 Å². The van der Waals surface area contributed by atoms with Crippen LogP contribution in [0.1, 0.15) is 22.3 Å². The van der Waals surface area contributed by atoms with Crippen LogP contribution in [0.15, 0.2) is 54.0 Å². The molecule has 10 nitrogen and oxygen atoms in total. The van der Waals surface area contributed by atoms with Gasteiger partial charge in [-0.15, -0.1) is 12.4 Å². The highest BCUT2D eigenvalue weighted by molar-refractivity contribution is 6.26. The number of ketones is 1. The van der Waals surface area contributed by atoms with Crippen molar-refractivity contribution in [3.05, 3.63) is 80.8 Å². The van der Waals surface area contributed by atoms with E-state index in [-0.39, 0.29) is 29.3 Å². The predicted molar refractivity (Wildman–Crippen MR) is 122 cm³/mol. The van der Waals surface area contributed by atoms with E-state index in [1.54, 1.807) is 18.6 Å². The number of halogens is 1. The fourth-order valence-corrected chi connectivity index (χ4v) is 4.12. The molecule has 0 amide bonds. The quantitative estimate of drug-likeness (QED) is 0.277. The zero-order valence-electron chi connectivity index (χ0n) is 17.4. The third kappa shape index (κ3) is 3.54. The molecule has 33 heavy (non-hydrogen) atoms. The number of carbonyl (C=O) groups excluding carboxylic acids is 1. The molecule has 0 saturated carbocycles. The smallest absolute Gasteiger partial charge is 0.270 e. The molecule has 5 rings (SSSR count). The van der Waals surface area contributed by atoms with E-state index >= 15 is 0 Å². The number of rotatable bonds is 6. The molecule has 0 fully saturated rings. The first kappa shape index (κ1) is 22.2. The first-order chi connectivity index (χ1) is 15.5. The van der Waals surface area contributed by atoms with E-state index in [9.17, 15) is 19.7 Å². The van der Waals surface area contributed by atoms with Gasteiger partial charge in [-0.05, 0) is 18.6 Å². The molecule has 0 radical (unpaired) electrons. The third-order valence-electron chi connectivity index (χ3n) is 5.62. The number of hydrogen-bond acceptors (Lipinski definition) is 7. The number of aromatic nitrogens is 4. The number of nitrogens with zero attached hydrogens (tertiary/aromatic N) is 5. The lowest BCUT2D eigenvalue weighted by Crippen LogP contribution is -2.24. The number of fused-ring (bicyclic) bond motifs is 5. The summed E-state index contributed by atoms with van der Waals surface area (Å²) in [6.45, 7) is 0.920. The van der Waals surface area contributed by atoms with E-state index in [1.807, 2.05) is 10.8 Å². The lowest BCUT2D eigenvalue weighted by atomic mass is 10.0. The number of hydrogen-bond donors (Lipinski definition) is 0. The van der Waals surface area contributed by atoms with Crippen LogP contribution in [0, 0.1) is 10.1 Å². The summed E-state index contributed by atoms with van der Waals surface area (Å²) in [6, 6.07) is 5.59. The predicted octanol–water partition coefficient (Wildman–Crippen LogP) is 3.23. The zero-order valence-corrected chi connectivity index (χ0v) is 18.2. The number of nitro benzene ring substituents is 1. The summed E-state index contributed by atoms with van der Waals surface area (Å²) in [4.78, 5) is 46.0. The highest BCUT2D eigenvalue weighted by atomic mass is 35.5. The number of non-ortho nitro benzene ring substituents is 1. The van der Waals surface area contributed by atoms with Crippen LogP contribution in [-0.2, 0) is 13.1 Å². The van der Waals surface area contributed by atoms with Gasteiger partial charge in [0, 0.05) is 43.0 Å². The largest absolute Gasteiger partial charge is 0.495 e. The summed E-state index contributed by atoms with van der Waals surface area (Å²) in [6.07, 6.45) is 7.27. The van der Waals surface area contributed by atoms with Gasteiger partial charge in [-0.2, -0.15) is 0 Å². The molecule has 3 heterocycles. The highest BCUT2D eigenvalue weighted by Crippen LogP contribution is 2.39. The van der Waals surface area contributed by atoms with Crippen LogP contribution < -0.4 is 10.3 Å². The Morgan fingerprint density at radius 1 is 1.15 bits per heavy atom. The van der Waals surface area contributed by atoms with Gasteiger partial charge < -0.3 is 13.9 Å². The van der Waals surface area contributed by atoms with Gasteiger partial charge in [-0.1, -0.05) is 0 Å². The molecular weight excluding hydrogens is 450 g/mol. The van der Waals surface area contributed by atoms with Gasteiger partial charge in [-0.3, -0.25) is 24.7 Å². The molecule has 0 N–H and O–H groups in total. The minimum absolute atomic E-state index is 0. The second-order valence-electron chi connectivity index (χ2n) is 7.42. The molecule has 0 saturated heterocycles. The Balaban J connectivity index is 0.00000259. The Morgan fingerprint density at radius 2 is 1.97 bits per heavy atom. The summed E-state index contributed by atoms with van der Waals surface area (Å²) < 4.78 is 8.60. The number of aryl methyl sites for hydroxylation is 1. The van der Waals surface area contributed by atoms with Gasteiger partial charge in [0.25, 0.3) is 11.2 Å². The van der Waals surface area contributed by atoms with Crippen LogP contribution in [0.5, 0.6) is 5.75 Å². The van der Waals surface area contributed by atoms with Crippen molar-refractivity contribution in [3.63, 3.8) is 0 Å². The molecule has 11 heteroatoms. The van der Waals surface area contributed by atoms with Gasteiger partial charge in [0.1, 0.15) is 5.75 Å². The Labute approximate surface area is 193 Å². The van der Waals surface area contributed by atoms with Gasteiger partial charge in [0.15, 0.2) is 5.78 Å². The number of carbonyl (C=O) groups is 1. The van der Waals surface area contributed by atoms with E-state index in [0.29, 0.717) is 53.2 Å². The SMILES string of the molecule is COc1cnc2c(c1)C(=O)c1c-2n(CCCn2ccnc2)c(=O)c2cc([N+](=O)[O-])ccc12.Cl. The maximum absolute atomic E-state index is 13.5. The normalized spacial score (nSPS) is 11.7. The molecule has 0 spiro atoms. The highest BCUT2D eigenvalue weighted by Gasteiger charge is 2.34. The second kappa shape index (κ2) is 8.47. The second-order valence-corrected chi connectivity index (χ2v) is 7.42. The average Bonchev–Trinajstić information content (AvgIpc) is 3.42. The number of methoxy groups -OCH3 is 1. The average molecular weight is 468 g/mol.